The zero-order chi connectivity index (χ0) is 24.3. The Hall–Kier alpha value is -3.23. The van der Waals surface area contributed by atoms with E-state index in [0.29, 0.717) is 19.7 Å². The molecule has 0 radical (unpaired) electrons. The molecule has 3 rings (SSSR count). The molecule has 3 amide bonds. The third-order valence-corrected chi connectivity index (χ3v) is 6.25. The van der Waals surface area contributed by atoms with E-state index < -0.39 is 0 Å². The van der Waals surface area contributed by atoms with Crippen LogP contribution in [0.25, 0.3) is 0 Å². The van der Waals surface area contributed by atoms with Gasteiger partial charge in [-0.05, 0) is 47.2 Å². The molecule has 180 valence electrons. The zero-order valence-electron chi connectivity index (χ0n) is 19.5. The summed E-state index contributed by atoms with van der Waals surface area (Å²) in [5, 5.41) is 4.90. The zero-order valence-corrected chi connectivity index (χ0v) is 20.3. The highest BCUT2D eigenvalue weighted by Crippen LogP contribution is 2.18. The number of benzene rings is 2. The van der Waals surface area contributed by atoms with Gasteiger partial charge < -0.3 is 19.9 Å². The number of amides is 3. The molecule has 2 aromatic carbocycles. The lowest BCUT2D eigenvalue weighted by Crippen LogP contribution is -2.45. The lowest BCUT2D eigenvalue weighted by Gasteiger charge is -2.28. The maximum atomic E-state index is 13.4. The minimum Gasteiger partial charge on any atom is -0.383 e. The van der Waals surface area contributed by atoms with Crippen LogP contribution in [0.4, 0.5) is 14.9 Å². The first-order chi connectivity index (χ1) is 16.5. The van der Waals surface area contributed by atoms with E-state index >= 15 is 0 Å². The normalized spacial score (nSPS) is 10.7. The summed E-state index contributed by atoms with van der Waals surface area (Å²) in [5.74, 6) is -0.526. The molecular formula is C26H30FN3O3S. The van der Waals surface area contributed by atoms with Crippen molar-refractivity contribution in [2.45, 2.75) is 26.4 Å². The number of nitrogens with zero attached hydrogens (tertiary/aromatic N) is 2. The largest absolute Gasteiger partial charge is 0.383 e. The number of aryl methyl sites for hydroxylation is 1. The summed E-state index contributed by atoms with van der Waals surface area (Å²) in [4.78, 5) is 30.7. The van der Waals surface area contributed by atoms with Crippen LogP contribution in [-0.2, 0) is 29.0 Å². The SMILES string of the molecule is CCc1ccccc1NC(=O)N(CCOC)CC(=O)N(Cc1ccc(F)cc1)Cc1cccs1. The van der Waals surface area contributed by atoms with Crippen molar-refractivity contribution in [3.63, 3.8) is 0 Å². The molecule has 0 fully saturated rings. The minimum absolute atomic E-state index is 0.101. The average molecular weight is 484 g/mol. The van der Waals surface area contributed by atoms with Crippen molar-refractivity contribution in [2.24, 2.45) is 0 Å². The second-order valence-electron chi connectivity index (χ2n) is 7.81. The molecule has 8 heteroatoms. The highest BCUT2D eigenvalue weighted by Gasteiger charge is 2.22. The minimum atomic E-state index is -0.357. The fourth-order valence-electron chi connectivity index (χ4n) is 3.50. The van der Waals surface area contributed by atoms with Gasteiger partial charge in [0.2, 0.25) is 5.91 Å². The van der Waals surface area contributed by atoms with E-state index in [4.69, 9.17) is 4.74 Å². The van der Waals surface area contributed by atoms with Gasteiger partial charge in [-0.15, -0.1) is 11.3 Å². The van der Waals surface area contributed by atoms with E-state index in [1.165, 1.54) is 17.0 Å². The van der Waals surface area contributed by atoms with E-state index in [-0.39, 0.29) is 30.8 Å². The van der Waals surface area contributed by atoms with E-state index in [0.717, 1.165) is 28.1 Å². The number of carbonyl (C=O) groups excluding carboxylic acids is 2. The van der Waals surface area contributed by atoms with Gasteiger partial charge >= 0.3 is 6.03 Å². The predicted molar refractivity (Wildman–Crippen MR) is 133 cm³/mol. The Kier molecular flexibility index (Phi) is 9.61. The first-order valence-electron chi connectivity index (χ1n) is 11.2. The molecule has 6 nitrogen and oxygen atoms in total. The highest BCUT2D eigenvalue weighted by atomic mass is 32.1. The molecule has 34 heavy (non-hydrogen) atoms. The molecule has 0 spiro atoms. The van der Waals surface area contributed by atoms with Crippen molar-refractivity contribution in [3.8, 4) is 0 Å². The number of nitrogens with one attached hydrogen (secondary N) is 1. The van der Waals surface area contributed by atoms with Gasteiger partial charge in [-0.25, -0.2) is 9.18 Å². The standard InChI is InChI=1S/C26H30FN3O3S/c1-3-21-7-4-5-9-24(21)28-26(32)29(14-15-33-2)19-25(31)30(18-23-8-6-16-34-23)17-20-10-12-22(27)13-11-20/h4-13,16H,3,14-15,17-19H2,1-2H3,(H,28,32). The van der Waals surface area contributed by atoms with E-state index in [1.54, 1.807) is 35.5 Å². The maximum absolute atomic E-state index is 13.4. The summed E-state index contributed by atoms with van der Waals surface area (Å²) in [5.41, 5.74) is 2.56. The number of rotatable bonds is 11. The number of ether oxygens (including phenoxy) is 1. The van der Waals surface area contributed by atoms with Gasteiger partial charge in [0, 0.05) is 30.8 Å². The number of para-hydroxylation sites is 1. The molecule has 3 aromatic rings. The van der Waals surface area contributed by atoms with Gasteiger partial charge in [-0.3, -0.25) is 4.79 Å². The number of hydrogen-bond acceptors (Lipinski definition) is 4. The van der Waals surface area contributed by atoms with Crippen LogP contribution in [0, 0.1) is 5.82 Å². The highest BCUT2D eigenvalue weighted by molar-refractivity contribution is 7.09. The number of methoxy groups -OCH3 is 1. The first kappa shape index (κ1) is 25.4. The topological polar surface area (TPSA) is 61.9 Å². The average Bonchev–Trinajstić information content (AvgIpc) is 3.36. The van der Waals surface area contributed by atoms with Crippen LogP contribution in [0.3, 0.4) is 0 Å². The van der Waals surface area contributed by atoms with Crippen molar-refractivity contribution >= 4 is 29.0 Å². The Morgan fingerprint density at radius 1 is 1.00 bits per heavy atom. The fraction of sp³-hybridized carbons (Fsp3) is 0.308. The van der Waals surface area contributed by atoms with Crippen molar-refractivity contribution in [3.05, 3.63) is 87.9 Å². The molecule has 1 N–H and O–H groups in total. The van der Waals surface area contributed by atoms with Crippen LogP contribution in [0.2, 0.25) is 0 Å². The van der Waals surface area contributed by atoms with E-state index in [9.17, 15) is 14.0 Å². The monoisotopic (exact) mass is 483 g/mol. The number of urea groups is 1. The Labute approximate surface area is 204 Å². The smallest absolute Gasteiger partial charge is 0.322 e. The molecular weight excluding hydrogens is 453 g/mol. The summed E-state index contributed by atoms with van der Waals surface area (Å²) in [6.45, 7) is 3.22. The second kappa shape index (κ2) is 12.9. The maximum Gasteiger partial charge on any atom is 0.322 e. The van der Waals surface area contributed by atoms with Gasteiger partial charge in [0.1, 0.15) is 12.4 Å². The number of hydrogen-bond donors (Lipinski definition) is 1. The predicted octanol–water partition coefficient (Wildman–Crippen LogP) is 5.16. The first-order valence-corrected chi connectivity index (χ1v) is 12.1. The van der Waals surface area contributed by atoms with Gasteiger partial charge in [0.05, 0.1) is 13.2 Å². The Balaban J connectivity index is 1.76. The number of thiophene rings is 1. The van der Waals surface area contributed by atoms with Crippen LogP contribution in [-0.4, -0.2) is 48.5 Å². The summed E-state index contributed by atoms with van der Waals surface area (Å²) < 4.78 is 18.5. The Morgan fingerprint density at radius 3 is 2.44 bits per heavy atom. The third kappa shape index (κ3) is 7.40. The number of carbonyl (C=O) groups is 2. The van der Waals surface area contributed by atoms with Crippen LogP contribution in [0.1, 0.15) is 22.9 Å². The number of anilines is 1. The number of halogens is 1. The summed E-state index contributed by atoms with van der Waals surface area (Å²) in [6, 6.07) is 17.3. The van der Waals surface area contributed by atoms with Crippen molar-refractivity contribution in [2.75, 3.05) is 32.1 Å². The van der Waals surface area contributed by atoms with Crippen molar-refractivity contribution in [1.82, 2.24) is 9.80 Å². The molecule has 0 aliphatic heterocycles. The lowest BCUT2D eigenvalue weighted by atomic mass is 10.1. The quantitative estimate of drug-likeness (QED) is 0.410. The van der Waals surface area contributed by atoms with Crippen LogP contribution in [0.15, 0.2) is 66.0 Å². The van der Waals surface area contributed by atoms with E-state index in [1.807, 2.05) is 48.7 Å². The molecule has 0 atom stereocenters. The van der Waals surface area contributed by atoms with Crippen LogP contribution < -0.4 is 5.32 Å². The van der Waals surface area contributed by atoms with Crippen LogP contribution in [0.5, 0.6) is 0 Å². The van der Waals surface area contributed by atoms with E-state index in [2.05, 4.69) is 5.32 Å². The molecule has 0 aliphatic rings. The third-order valence-electron chi connectivity index (χ3n) is 5.38. The molecule has 0 aliphatic carbocycles. The van der Waals surface area contributed by atoms with Gasteiger partial charge in [0.15, 0.2) is 0 Å². The van der Waals surface area contributed by atoms with Crippen LogP contribution >= 0.6 is 11.3 Å². The Morgan fingerprint density at radius 2 is 1.76 bits per heavy atom. The molecule has 0 unspecified atom stereocenters. The molecule has 0 bridgehead atoms. The second-order valence-corrected chi connectivity index (χ2v) is 8.84. The summed E-state index contributed by atoms with van der Waals surface area (Å²) in [7, 11) is 1.56. The molecule has 1 aromatic heterocycles. The van der Waals surface area contributed by atoms with Gasteiger partial charge in [-0.1, -0.05) is 43.3 Å². The fourth-order valence-corrected chi connectivity index (χ4v) is 4.21. The molecule has 0 saturated heterocycles. The Bertz CT molecular complexity index is 1060. The van der Waals surface area contributed by atoms with Gasteiger partial charge in [-0.2, -0.15) is 0 Å². The van der Waals surface area contributed by atoms with Crippen molar-refractivity contribution < 1.29 is 18.7 Å². The molecule has 0 saturated carbocycles. The van der Waals surface area contributed by atoms with Crippen molar-refractivity contribution in [1.29, 1.82) is 0 Å². The summed E-state index contributed by atoms with van der Waals surface area (Å²) >= 11 is 1.56. The summed E-state index contributed by atoms with van der Waals surface area (Å²) in [6.07, 6.45) is 0.777. The molecule has 1 heterocycles. The van der Waals surface area contributed by atoms with Gasteiger partial charge in [0.25, 0.3) is 0 Å². The lowest BCUT2D eigenvalue weighted by molar-refractivity contribution is -0.133.